The first-order valence-electron chi connectivity index (χ1n) is 9.19. The number of rotatable bonds is 5. The predicted octanol–water partition coefficient (Wildman–Crippen LogP) is 4.25. The topological polar surface area (TPSA) is 40.9 Å². The number of carbonyl (C=O) groups excluding carboxylic acids is 1. The Kier molecular flexibility index (Phi) is 4.81. The van der Waals surface area contributed by atoms with Gasteiger partial charge in [-0.3, -0.25) is 4.79 Å². The highest BCUT2D eigenvalue weighted by Gasteiger charge is 2.20. The van der Waals surface area contributed by atoms with Gasteiger partial charge in [0, 0.05) is 37.2 Å². The largest absolute Gasteiger partial charge is 0.378 e. The van der Waals surface area contributed by atoms with E-state index >= 15 is 0 Å². The van der Waals surface area contributed by atoms with Crippen molar-refractivity contribution in [2.45, 2.75) is 6.54 Å². The maximum atomic E-state index is 13.5. The standard InChI is InChI=1S/C23H22N4O/c1-25(2)20-12-8-9-18(15-20)23(28)27(19-10-4-3-5-11-19)17-21-16-24-22-13-6-7-14-26(21)22/h3-16H,17H2,1-2H3. The molecule has 5 heteroatoms. The van der Waals surface area contributed by atoms with Crippen molar-refractivity contribution in [1.82, 2.24) is 9.38 Å². The van der Waals surface area contributed by atoms with Crippen LogP contribution in [0.3, 0.4) is 0 Å². The van der Waals surface area contributed by atoms with Gasteiger partial charge in [0.25, 0.3) is 5.91 Å². The summed E-state index contributed by atoms with van der Waals surface area (Å²) in [6.07, 6.45) is 3.80. The van der Waals surface area contributed by atoms with Crippen LogP contribution < -0.4 is 9.80 Å². The molecule has 2 heterocycles. The van der Waals surface area contributed by atoms with Crippen LogP contribution in [0, 0.1) is 0 Å². The number of nitrogens with zero attached hydrogens (tertiary/aromatic N) is 4. The highest BCUT2D eigenvalue weighted by Crippen LogP contribution is 2.22. The van der Waals surface area contributed by atoms with Crippen molar-refractivity contribution < 1.29 is 4.79 Å². The quantitative estimate of drug-likeness (QED) is 0.527. The molecule has 0 aliphatic carbocycles. The summed E-state index contributed by atoms with van der Waals surface area (Å²) in [6.45, 7) is 0.431. The molecule has 0 aliphatic heterocycles. The number of hydrogen-bond donors (Lipinski definition) is 0. The lowest BCUT2D eigenvalue weighted by Crippen LogP contribution is -2.31. The van der Waals surface area contributed by atoms with E-state index in [0.717, 1.165) is 22.7 Å². The van der Waals surface area contributed by atoms with Crippen LogP contribution in [0.2, 0.25) is 0 Å². The maximum Gasteiger partial charge on any atom is 0.258 e. The third-order valence-corrected chi connectivity index (χ3v) is 4.74. The molecule has 0 saturated carbocycles. The molecule has 0 unspecified atom stereocenters. The van der Waals surface area contributed by atoms with Crippen LogP contribution in [-0.4, -0.2) is 29.4 Å². The summed E-state index contributed by atoms with van der Waals surface area (Å²) >= 11 is 0. The lowest BCUT2D eigenvalue weighted by Gasteiger charge is -2.23. The lowest BCUT2D eigenvalue weighted by atomic mass is 10.1. The van der Waals surface area contributed by atoms with Crippen LogP contribution in [0.4, 0.5) is 11.4 Å². The van der Waals surface area contributed by atoms with Crippen molar-refractivity contribution in [3.05, 3.63) is 96.4 Å². The van der Waals surface area contributed by atoms with Gasteiger partial charge in [-0.2, -0.15) is 0 Å². The van der Waals surface area contributed by atoms with Gasteiger partial charge in [-0.05, 0) is 42.5 Å². The summed E-state index contributed by atoms with van der Waals surface area (Å²) in [4.78, 5) is 21.7. The van der Waals surface area contributed by atoms with Gasteiger partial charge in [-0.1, -0.05) is 30.3 Å². The minimum Gasteiger partial charge on any atom is -0.378 e. The Morgan fingerprint density at radius 3 is 2.46 bits per heavy atom. The monoisotopic (exact) mass is 370 g/mol. The van der Waals surface area contributed by atoms with Gasteiger partial charge in [0.2, 0.25) is 0 Å². The fourth-order valence-corrected chi connectivity index (χ4v) is 3.23. The number of benzene rings is 2. The first kappa shape index (κ1) is 17.8. The Morgan fingerprint density at radius 2 is 1.68 bits per heavy atom. The highest BCUT2D eigenvalue weighted by molar-refractivity contribution is 6.06. The first-order chi connectivity index (χ1) is 13.6. The van der Waals surface area contributed by atoms with Crippen molar-refractivity contribution in [1.29, 1.82) is 0 Å². The molecule has 140 valence electrons. The van der Waals surface area contributed by atoms with E-state index in [1.54, 1.807) is 4.90 Å². The molecule has 0 N–H and O–H groups in total. The van der Waals surface area contributed by atoms with Crippen LogP contribution in [0.5, 0.6) is 0 Å². The normalized spacial score (nSPS) is 10.8. The van der Waals surface area contributed by atoms with Gasteiger partial charge in [0.15, 0.2) is 0 Å². The van der Waals surface area contributed by atoms with E-state index in [-0.39, 0.29) is 5.91 Å². The highest BCUT2D eigenvalue weighted by atomic mass is 16.2. The van der Waals surface area contributed by atoms with Crippen LogP contribution in [0.25, 0.3) is 5.65 Å². The molecular formula is C23H22N4O. The smallest absolute Gasteiger partial charge is 0.258 e. The zero-order chi connectivity index (χ0) is 19.5. The SMILES string of the molecule is CN(C)c1cccc(C(=O)N(Cc2cnc3ccccn23)c2ccccc2)c1. The van der Waals surface area contributed by atoms with E-state index in [1.807, 2.05) is 109 Å². The van der Waals surface area contributed by atoms with Gasteiger partial charge < -0.3 is 14.2 Å². The van der Waals surface area contributed by atoms with E-state index < -0.39 is 0 Å². The second-order valence-electron chi connectivity index (χ2n) is 6.85. The Hall–Kier alpha value is -3.60. The van der Waals surface area contributed by atoms with Gasteiger partial charge >= 0.3 is 0 Å². The van der Waals surface area contributed by atoms with Crippen LogP contribution in [0.15, 0.2) is 85.2 Å². The summed E-state index contributed by atoms with van der Waals surface area (Å²) in [6, 6.07) is 23.3. The number of fused-ring (bicyclic) bond motifs is 1. The number of anilines is 2. The zero-order valence-corrected chi connectivity index (χ0v) is 16.0. The maximum absolute atomic E-state index is 13.5. The number of amides is 1. The molecule has 4 aromatic rings. The van der Waals surface area contributed by atoms with E-state index in [9.17, 15) is 4.79 Å². The minimum absolute atomic E-state index is 0.0409. The average Bonchev–Trinajstić information content (AvgIpc) is 3.15. The molecule has 0 aliphatic rings. The van der Waals surface area contributed by atoms with Crippen molar-refractivity contribution in [3.63, 3.8) is 0 Å². The van der Waals surface area contributed by atoms with Crippen molar-refractivity contribution in [3.8, 4) is 0 Å². The number of para-hydroxylation sites is 1. The third-order valence-electron chi connectivity index (χ3n) is 4.74. The molecule has 0 saturated heterocycles. The van der Waals surface area contributed by atoms with Crippen molar-refractivity contribution >= 4 is 22.9 Å². The summed E-state index contributed by atoms with van der Waals surface area (Å²) in [7, 11) is 3.94. The van der Waals surface area contributed by atoms with Crippen LogP contribution in [0.1, 0.15) is 16.1 Å². The first-order valence-corrected chi connectivity index (χ1v) is 9.19. The average molecular weight is 370 g/mol. The third kappa shape index (κ3) is 3.47. The molecule has 0 radical (unpaired) electrons. The van der Waals surface area contributed by atoms with Crippen LogP contribution in [-0.2, 0) is 6.54 Å². The minimum atomic E-state index is -0.0409. The Morgan fingerprint density at radius 1 is 0.929 bits per heavy atom. The summed E-state index contributed by atoms with van der Waals surface area (Å²) in [5, 5.41) is 0. The van der Waals surface area contributed by atoms with Gasteiger partial charge in [-0.25, -0.2) is 4.98 Å². The van der Waals surface area contributed by atoms with E-state index in [1.165, 1.54) is 0 Å². The van der Waals surface area contributed by atoms with E-state index in [2.05, 4.69) is 4.98 Å². The Bertz CT molecular complexity index is 1100. The predicted molar refractivity (Wildman–Crippen MR) is 113 cm³/mol. The molecular weight excluding hydrogens is 348 g/mol. The zero-order valence-electron chi connectivity index (χ0n) is 16.0. The van der Waals surface area contributed by atoms with Gasteiger partial charge in [0.05, 0.1) is 18.4 Å². The van der Waals surface area contributed by atoms with Gasteiger partial charge in [-0.15, -0.1) is 0 Å². The summed E-state index contributed by atoms with van der Waals surface area (Å²) < 4.78 is 2.01. The van der Waals surface area contributed by atoms with E-state index in [0.29, 0.717) is 12.1 Å². The fraction of sp³-hybridized carbons (Fsp3) is 0.130. The Labute approximate surface area is 164 Å². The molecule has 0 atom stereocenters. The Balaban J connectivity index is 1.74. The molecule has 2 aromatic carbocycles. The molecule has 1 amide bonds. The molecule has 0 fully saturated rings. The molecule has 28 heavy (non-hydrogen) atoms. The molecule has 5 nitrogen and oxygen atoms in total. The molecule has 4 rings (SSSR count). The second-order valence-corrected chi connectivity index (χ2v) is 6.85. The van der Waals surface area contributed by atoms with Crippen molar-refractivity contribution in [2.24, 2.45) is 0 Å². The number of imidazole rings is 1. The molecule has 2 aromatic heterocycles. The number of carbonyl (C=O) groups is 1. The lowest BCUT2D eigenvalue weighted by molar-refractivity contribution is 0.0985. The summed E-state index contributed by atoms with van der Waals surface area (Å²) in [5.74, 6) is -0.0409. The van der Waals surface area contributed by atoms with Crippen LogP contribution >= 0.6 is 0 Å². The second kappa shape index (κ2) is 7.56. The molecule has 0 bridgehead atoms. The number of hydrogen-bond acceptors (Lipinski definition) is 3. The van der Waals surface area contributed by atoms with Gasteiger partial charge in [0.1, 0.15) is 5.65 Å². The molecule has 0 spiro atoms. The van der Waals surface area contributed by atoms with Crippen molar-refractivity contribution in [2.75, 3.05) is 23.9 Å². The number of aromatic nitrogens is 2. The fourth-order valence-electron chi connectivity index (χ4n) is 3.23. The summed E-state index contributed by atoms with van der Waals surface area (Å²) in [5.41, 5.74) is 4.33. The van der Waals surface area contributed by atoms with E-state index in [4.69, 9.17) is 0 Å². The number of pyridine rings is 1.